The molecule has 0 atom stereocenters. The maximum Gasteiger partial charge on any atom is 0.261 e. The van der Waals surface area contributed by atoms with Crippen molar-refractivity contribution < 1.29 is 9.53 Å². The Labute approximate surface area is 240 Å². The Balaban J connectivity index is 1.37. The summed E-state index contributed by atoms with van der Waals surface area (Å²) in [5, 5.41) is 3.41. The van der Waals surface area contributed by atoms with Crippen LogP contribution in [-0.2, 0) is 0 Å². The number of ether oxygens (including phenoxy) is 1. The second-order valence-electron chi connectivity index (χ2n) is 9.56. The van der Waals surface area contributed by atoms with Crippen LogP contribution < -0.4 is 10.1 Å². The highest BCUT2D eigenvalue weighted by Gasteiger charge is 2.28. The summed E-state index contributed by atoms with van der Waals surface area (Å²) in [7, 11) is 0. The topological polar surface area (TPSA) is 44.8 Å². The zero-order chi connectivity index (χ0) is 26.7. The summed E-state index contributed by atoms with van der Waals surface area (Å²) in [4.78, 5) is 17.8. The first kappa shape index (κ1) is 28.3. The lowest BCUT2D eigenvalue weighted by molar-refractivity contribution is 0.0963. The van der Waals surface area contributed by atoms with Gasteiger partial charge in [-0.15, -0.1) is 0 Å². The number of carbonyl (C=O) groups excluding carboxylic acids is 1. The third-order valence-electron chi connectivity index (χ3n) is 6.86. The van der Waals surface area contributed by atoms with Crippen molar-refractivity contribution in [3.63, 3.8) is 0 Å². The van der Waals surface area contributed by atoms with Crippen LogP contribution in [0.5, 0.6) is 5.75 Å². The SMILES string of the molecule is CCCCCCOc1ccc(Br)cc1C(=O)NC(=S)N1CCN(C(c2ccccc2)c2ccccc2)CC1. The second kappa shape index (κ2) is 14.4. The number of piperazine rings is 1. The van der Waals surface area contributed by atoms with E-state index in [4.69, 9.17) is 17.0 Å². The number of halogens is 1. The Morgan fingerprint density at radius 3 is 2.16 bits per heavy atom. The van der Waals surface area contributed by atoms with Gasteiger partial charge in [-0.3, -0.25) is 15.0 Å². The van der Waals surface area contributed by atoms with E-state index >= 15 is 0 Å². The molecule has 200 valence electrons. The quantitative estimate of drug-likeness (QED) is 0.206. The minimum absolute atomic E-state index is 0.182. The molecule has 38 heavy (non-hydrogen) atoms. The van der Waals surface area contributed by atoms with Crippen molar-refractivity contribution in [2.45, 2.75) is 38.6 Å². The lowest BCUT2D eigenvalue weighted by Crippen LogP contribution is -2.53. The normalized spacial score (nSPS) is 13.9. The molecule has 0 spiro atoms. The largest absolute Gasteiger partial charge is 0.493 e. The van der Waals surface area contributed by atoms with Crippen LogP contribution in [0, 0.1) is 0 Å². The molecular formula is C31H36BrN3O2S. The van der Waals surface area contributed by atoms with Gasteiger partial charge in [0.2, 0.25) is 0 Å². The minimum Gasteiger partial charge on any atom is -0.493 e. The molecule has 1 aliphatic rings. The summed E-state index contributed by atoms with van der Waals surface area (Å²) in [6.45, 7) is 5.95. The Morgan fingerprint density at radius 1 is 0.921 bits per heavy atom. The predicted octanol–water partition coefficient (Wildman–Crippen LogP) is 6.83. The van der Waals surface area contributed by atoms with Gasteiger partial charge in [-0.25, -0.2) is 0 Å². The van der Waals surface area contributed by atoms with Gasteiger partial charge >= 0.3 is 0 Å². The van der Waals surface area contributed by atoms with Crippen molar-refractivity contribution in [1.29, 1.82) is 0 Å². The van der Waals surface area contributed by atoms with E-state index in [0.717, 1.165) is 43.5 Å². The van der Waals surface area contributed by atoms with Crippen LogP contribution in [-0.4, -0.2) is 53.6 Å². The van der Waals surface area contributed by atoms with Crippen LogP contribution in [0.4, 0.5) is 0 Å². The molecule has 4 rings (SSSR count). The third-order valence-corrected chi connectivity index (χ3v) is 7.71. The van der Waals surface area contributed by atoms with E-state index < -0.39 is 0 Å². The maximum atomic E-state index is 13.2. The number of benzene rings is 3. The highest BCUT2D eigenvalue weighted by atomic mass is 79.9. The van der Waals surface area contributed by atoms with Gasteiger partial charge in [0, 0.05) is 30.7 Å². The number of hydrogen-bond acceptors (Lipinski definition) is 4. The fraction of sp³-hybridized carbons (Fsp3) is 0.355. The average Bonchev–Trinajstić information content (AvgIpc) is 2.95. The minimum atomic E-state index is -0.242. The molecule has 0 aromatic heterocycles. The van der Waals surface area contributed by atoms with Crippen LogP contribution in [0.3, 0.4) is 0 Å². The second-order valence-corrected chi connectivity index (χ2v) is 10.9. The van der Waals surface area contributed by atoms with Gasteiger partial charge in [-0.2, -0.15) is 0 Å². The summed E-state index contributed by atoms with van der Waals surface area (Å²) in [5.41, 5.74) is 3.05. The number of nitrogens with zero attached hydrogens (tertiary/aromatic N) is 2. The molecular weight excluding hydrogens is 558 g/mol. The third kappa shape index (κ3) is 7.65. The summed E-state index contributed by atoms with van der Waals surface area (Å²) < 4.78 is 6.79. The summed E-state index contributed by atoms with van der Waals surface area (Å²) in [6, 6.07) is 27.0. The number of hydrogen-bond donors (Lipinski definition) is 1. The Morgan fingerprint density at radius 2 is 1.55 bits per heavy atom. The molecule has 1 aliphatic heterocycles. The van der Waals surface area contributed by atoms with E-state index in [1.54, 1.807) is 6.07 Å². The highest BCUT2D eigenvalue weighted by Crippen LogP contribution is 2.29. The van der Waals surface area contributed by atoms with Crippen LogP contribution in [0.1, 0.15) is 60.1 Å². The number of unbranched alkanes of at least 4 members (excludes halogenated alkanes) is 3. The monoisotopic (exact) mass is 593 g/mol. The van der Waals surface area contributed by atoms with Gasteiger partial charge in [-0.1, -0.05) is 103 Å². The van der Waals surface area contributed by atoms with E-state index in [2.05, 4.69) is 98.6 Å². The molecule has 1 saturated heterocycles. The molecule has 0 saturated carbocycles. The van der Waals surface area contributed by atoms with Crippen molar-refractivity contribution in [2.75, 3.05) is 32.8 Å². The van der Waals surface area contributed by atoms with Crippen molar-refractivity contribution in [3.05, 3.63) is 100 Å². The van der Waals surface area contributed by atoms with Gasteiger partial charge in [0.05, 0.1) is 18.2 Å². The van der Waals surface area contributed by atoms with Gasteiger partial charge in [-0.05, 0) is 48.0 Å². The molecule has 7 heteroatoms. The van der Waals surface area contributed by atoms with Crippen LogP contribution in [0.15, 0.2) is 83.3 Å². The molecule has 1 amide bonds. The molecule has 3 aromatic rings. The van der Waals surface area contributed by atoms with Crippen molar-refractivity contribution in [2.24, 2.45) is 0 Å². The lowest BCUT2D eigenvalue weighted by atomic mass is 9.96. The number of thiocarbonyl (C=S) groups is 1. The van der Waals surface area contributed by atoms with Gasteiger partial charge in [0.1, 0.15) is 5.75 Å². The van der Waals surface area contributed by atoms with Gasteiger partial charge in [0.15, 0.2) is 5.11 Å². The molecule has 1 N–H and O–H groups in total. The molecule has 5 nitrogen and oxygen atoms in total. The van der Waals surface area contributed by atoms with Crippen molar-refractivity contribution in [1.82, 2.24) is 15.1 Å². The fourth-order valence-electron chi connectivity index (χ4n) is 4.83. The van der Waals surface area contributed by atoms with Crippen molar-refractivity contribution >= 4 is 39.2 Å². The number of nitrogens with one attached hydrogen (secondary N) is 1. The fourth-order valence-corrected chi connectivity index (χ4v) is 5.46. The Hall–Kier alpha value is -2.74. The summed E-state index contributed by atoms with van der Waals surface area (Å²) >= 11 is 9.16. The van der Waals surface area contributed by atoms with Gasteiger partial charge in [0.25, 0.3) is 5.91 Å². The van der Waals surface area contributed by atoms with E-state index in [1.165, 1.54) is 24.0 Å². The number of amides is 1. The van der Waals surface area contributed by atoms with E-state index in [9.17, 15) is 4.79 Å². The van der Waals surface area contributed by atoms with Crippen LogP contribution in [0.2, 0.25) is 0 Å². The average molecular weight is 595 g/mol. The molecule has 1 fully saturated rings. The Bertz CT molecular complexity index is 1140. The van der Waals surface area contributed by atoms with E-state index in [-0.39, 0.29) is 11.9 Å². The molecule has 0 aliphatic carbocycles. The van der Waals surface area contributed by atoms with E-state index in [0.29, 0.717) is 23.0 Å². The first-order chi connectivity index (χ1) is 18.6. The first-order valence-corrected chi connectivity index (χ1v) is 14.6. The zero-order valence-corrected chi connectivity index (χ0v) is 24.3. The van der Waals surface area contributed by atoms with Crippen LogP contribution in [0.25, 0.3) is 0 Å². The predicted molar refractivity (Wildman–Crippen MR) is 162 cm³/mol. The number of rotatable bonds is 10. The molecule has 0 bridgehead atoms. The molecule has 3 aromatic carbocycles. The summed E-state index contributed by atoms with van der Waals surface area (Å²) in [6.07, 6.45) is 4.47. The van der Waals surface area contributed by atoms with Crippen molar-refractivity contribution in [3.8, 4) is 5.75 Å². The molecule has 0 radical (unpaired) electrons. The number of carbonyl (C=O) groups is 1. The highest BCUT2D eigenvalue weighted by molar-refractivity contribution is 9.10. The Kier molecular flexibility index (Phi) is 10.7. The molecule has 0 unspecified atom stereocenters. The zero-order valence-electron chi connectivity index (χ0n) is 21.9. The van der Waals surface area contributed by atoms with Crippen LogP contribution >= 0.6 is 28.1 Å². The first-order valence-electron chi connectivity index (χ1n) is 13.4. The maximum absolute atomic E-state index is 13.2. The molecule has 1 heterocycles. The summed E-state index contributed by atoms with van der Waals surface area (Å²) in [5.74, 6) is 0.345. The lowest BCUT2D eigenvalue weighted by Gasteiger charge is -2.40. The van der Waals surface area contributed by atoms with Gasteiger partial charge < -0.3 is 9.64 Å². The smallest absolute Gasteiger partial charge is 0.261 e. The van der Waals surface area contributed by atoms with E-state index in [1.807, 2.05) is 12.1 Å². The standard InChI is InChI=1S/C31H36BrN3O2S/c1-2-3-4-11-22-37-28-17-16-26(32)23-27(28)30(36)33-31(38)35-20-18-34(19-21-35)29(24-12-7-5-8-13-24)25-14-9-6-10-15-25/h5-10,12-17,23,29H,2-4,11,18-22H2,1H3,(H,33,36,38).